The molecule has 0 N–H and O–H groups in total. The van der Waals surface area contributed by atoms with E-state index in [1.165, 1.54) is 6.92 Å². The first-order chi connectivity index (χ1) is 13.5. The van der Waals surface area contributed by atoms with Gasteiger partial charge < -0.3 is 4.74 Å². The van der Waals surface area contributed by atoms with Crippen molar-refractivity contribution in [3.63, 3.8) is 0 Å². The Morgan fingerprint density at radius 2 is 1.79 bits per heavy atom. The monoisotopic (exact) mass is 391 g/mol. The van der Waals surface area contributed by atoms with Crippen LogP contribution in [0.15, 0.2) is 64.2 Å². The zero-order valence-corrected chi connectivity index (χ0v) is 15.5. The molecule has 0 spiro atoms. The van der Waals surface area contributed by atoms with Crippen molar-refractivity contribution >= 4 is 28.3 Å². The molecule has 0 radical (unpaired) electrons. The Balaban J connectivity index is 1.80. The van der Waals surface area contributed by atoms with Crippen LogP contribution in [0.3, 0.4) is 0 Å². The van der Waals surface area contributed by atoms with E-state index in [1.807, 2.05) is 6.07 Å². The third kappa shape index (κ3) is 3.45. The van der Waals surface area contributed by atoms with Gasteiger partial charge in [0.1, 0.15) is 5.75 Å². The molecule has 7 nitrogen and oxygen atoms in total. The summed E-state index contributed by atoms with van der Waals surface area (Å²) in [6, 6.07) is 15.6. The van der Waals surface area contributed by atoms with Gasteiger partial charge in [0.2, 0.25) is 4.96 Å². The summed E-state index contributed by atoms with van der Waals surface area (Å²) >= 11 is 1.09. The molecule has 0 unspecified atom stereocenters. The minimum Gasteiger partial charge on any atom is -0.427 e. The summed E-state index contributed by atoms with van der Waals surface area (Å²) in [5, 5.41) is 4.22. The molecule has 0 aliphatic heterocycles. The van der Waals surface area contributed by atoms with E-state index in [-0.39, 0.29) is 16.2 Å². The summed E-state index contributed by atoms with van der Waals surface area (Å²) in [5.41, 5.74) is 0.640. The summed E-state index contributed by atoms with van der Waals surface area (Å²) in [7, 11) is 0. The third-order valence-electron chi connectivity index (χ3n) is 3.87. The molecule has 2 aromatic carbocycles. The molecule has 0 saturated heterocycles. The van der Waals surface area contributed by atoms with Crippen LogP contribution in [0.5, 0.6) is 5.75 Å². The van der Waals surface area contributed by atoms with Gasteiger partial charge in [-0.25, -0.2) is 0 Å². The Bertz CT molecular complexity index is 1340. The highest BCUT2D eigenvalue weighted by Gasteiger charge is 2.12. The lowest BCUT2D eigenvalue weighted by atomic mass is 10.2. The van der Waals surface area contributed by atoms with Crippen molar-refractivity contribution in [3.8, 4) is 17.0 Å². The quantitative estimate of drug-likeness (QED) is 0.390. The molecule has 0 aliphatic rings. The molecular formula is C20H13N3O4S. The summed E-state index contributed by atoms with van der Waals surface area (Å²) in [6.07, 6.45) is 1.67. The third-order valence-corrected chi connectivity index (χ3v) is 4.83. The van der Waals surface area contributed by atoms with Gasteiger partial charge in [-0.15, -0.1) is 0 Å². The largest absolute Gasteiger partial charge is 0.427 e. The first kappa shape index (κ1) is 17.7. The van der Waals surface area contributed by atoms with E-state index in [1.54, 1.807) is 54.6 Å². The fraction of sp³-hybridized carbons (Fsp3) is 0.0500. The number of nitrogens with zero attached hydrogens (tertiary/aromatic N) is 3. The smallest absolute Gasteiger partial charge is 0.308 e. The van der Waals surface area contributed by atoms with E-state index >= 15 is 0 Å². The lowest BCUT2D eigenvalue weighted by Gasteiger charge is -2.00. The molecule has 0 aliphatic carbocycles. The first-order valence-electron chi connectivity index (χ1n) is 8.31. The van der Waals surface area contributed by atoms with E-state index in [4.69, 9.17) is 4.74 Å². The second-order valence-electron chi connectivity index (χ2n) is 5.90. The number of rotatable bonds is 3. The van der Waals surface area contributed by atoms with Crippen LogP contribution in [-0.4, -0.2) is 20.6 Å². The number of aromatic nitrogens is 3. The maximum atomic E-state index is 12.7. The van der Waals surface area contributed by atoms with Crippen LogP contribution in [0.1, 0.15) is 12.5 Å². The van der Waals surface area contributed by atoms with E-state index in [9.17, 15) is 14.4 Å². The molecule has 4 aromatic rings. The zero-order valence-electron chi connectivity index (χ0n) is 14.7. The van der Waals surface area contributed by atoms with Gasteiger partial charge in [0, 0.05) is 12.5 Å². The van der Waals surface area contributed by atoms with Crippen molar-refractivity contribution in [2.24, 2.45) is 0 Å². The summed E-state index contributed by atoms with van der Waals surface area (Å²) in [6.45, 7) is 1.33. The number of thiazole rings is 1. The lowest BCUT2D eigenvalue weighted by Crippen LogP contribution is -2.26. The highest BCUT2D eigenvalue weighted by Crippen LogP contribution is 2.14. The maximum Gasteiger partial charge on any atom is 0.308 e. The van der Waals surface area contributed by atoms with Crippen LogP contribution < -0.4 is 20.4 Å². The molecule has 28 heavy (non-hydrogen) atoms. The van der Waals surface area contributed by atoms with Gasteiger partial charge >= 0.3 is 11.5 Å². The average Bonchev–Trinajstić information content (AvgIpc) is 2.97. The maximum absolute atomic E-state index is 12.7. The summed E-state index contributed by atoms with van der Waals surface area (Å²) in [4.78, 5) is 40.2. The van der Waals surface area contributed by atoms with Crippen LogP contribution in [0.25, 0.3) is 22.3 Å². The predicted octanol–water partition coefficient (Wildman–Crippen LogP) is 1.65. The van der Waals surface area contributed by atoms with E-state index < -0.39 is 11.5 Å². The number of fused-ring (bicyclic) bond motifs is 1. The average molecular weight is 391 g/mol. The molecular weight excluding hydrogens is 378 g/mol. The Hall–Kier alpha value is -3.65. The standard InChI is InChI=1S/C20H13N3O4S/c1-12(24)27-15-9-7-13(8-10-15)11-16-19(26)23-20(28-16)21-18(25)17(22-23)14-5-3-2-4-6-14/h2-11H,1H3/b16-11+. The number of esters is 1. The number of benzene rings is 2. The molecule has 0 bridgehead atoms. The molecule has 4 rings (SSSR count). The van der Waals surface area contributed by atoms with Gasteiger partial charge in [-0.2, -0.15) is 14.6 Å². The minimum atomic E-state index is -0.482. The van der Waals surface area contributed by atoms with Crippen LogP contribution in [0.2, 0.25) is 0 Å². The fourth-order valence-electron chi connectivity index (χ4n) is 2.64. The zero-order chi connectivity index (χ0) is 19.7. The number of carbonyl (C=O) groups excluding carboxylic acids is 1. The van der Waals surface area contributed by atoms with E-state index in [0.29, 0.717) is 15.8 Å². The topological polar surface area (TPSA) is 90.6 Å². The Kier molecular flexibility index (Phi) is 4.54. The normalized spacial score (nSPS) is 11.7. The van der Waals surface area contributed by atoms with Gasteiger partial charge in [0.15, 0.2) is 5.69 Å². The molecule has 0 fully saturated rings. The van der Waals surface area contributed by atoms with Gasteiger partial charge in [0.25, 0.3) is 5.56 Å². The van der Waals surface area contributed by atoms with Gasteiger partial charge in [-0.1, -0.05) is 53.8 Å². The first-order valence-corrected chi connectivity index (χ1v) is 9.12. The Labute approximate surface area is 162 Å². The minimum absolute atomic E-state index is 0.130. The highest BCUT2D eigenvalue weighted by atomic mass is 32.1. The molecule has 0 saturated carbocycles. The van der Waals surface area contributed by atoms with Crippen molar-refractivity contribution in [1.29, 1.82) is 0 Å². The van der Waals surface area contributed by atoms with Crippen molar-refractivity contribution in [2.75, 3.05) is 0 Å². The fourth-order valence-corrected chi connectivity index (χ4v) is 3.54. The lowest BCUT2D eigenvalue weighted by molar-refractivity contribution is -0.131. The SMILES string of the molecule is CC(=O)Oc1ccc(/C=c2/sc3nc(=O)c(-c4ccccc4)nn3c2=O)cc1. The van der Waals surface area contributed by atoms with Crippen molar-refractivity contribution < 1.29 is 9.53 Å². The van der Waals surface area contributed by atoms with Gasteiger partial charge in [0.05, 0.1) is 4.53 Å². The second kappa shape index (κ2) is 7.16. The molecule has 2 heterocycles. The van der Waals surface area contributed by atoms with Gasteiger partial charge in [-0.3, -0.25) is 14.4 Å². The van der Waals surface area contributed by atoms with Crippen molar-refractivity contribution in [3.05, 3.63) is 85.4 Å². The van der Waals surface area contributed by atoms with Crippen molar-refractivity contribution in [1.82, 2.24) is 14.6 Å². The number of hydrogen-bond donors (Lipinski definition) is 0. The molecule has 0 amide bonds. The molecule has 0 atom stereocenters. The summed E-state index contributed by atoms with van der Waals surface area (Å²) < 4.78 is 6.53. The number of carbonyl (C=O) groups is 1. The Morgan fingerprint density at radius 1 is 1.07 bits per heavy atom. The predicted molar refractivity (Wildman–Crippen MR) is 105 cm³/mol. The Morgan fingerprint density at radius 3 is 2.46 bits per heavy atom. The second-order valence-corrected chi connectivity index (χ2v) is 6.91. The molecule has 8 heteroatoms. The van der Waals surface area contributed by atoms with E-state index in [2.05, 4.69) is 10.1 Å². The van der Waals surface area contributed by atoms with Crippen molar-refractivity contribution in [2.45, 2.75) is 6.92 Å². The van der Waals surface area contributed by atoms with Gasteiger partial charge in [-0.05, 0) is 23.8 Å². The number of ether oxygens (including phenoxy) is 1. The highest BCUT2D eigenvalue weighted by molar-refractivity contribution is 7.15. The number of hydrogen-bond acceptors (Lipinski definition) is 7. The molecule has 2 aromatic heterocycles. The van der Waals surface area contributed by atoms with Crippen LogP contribution in [0.4, 0.5) is 0 Å². The van der Waals surface area contributed by atoms with Crippen LogP contribution in [-0.2, 0) is 4.79 Å². The molecule has 138 valence electrons. The van der Waals surface area contributed by atoms with Crippen LogP contribution >= 0.6 is 11.3 Å². The van der Waals surface area contributed by atoms with Crippen LogP contribution in [0, 0.1) is 0 Å². The summed E-state index contributed by atoms with van der Waals surface area (Å²) in [5.74, 6) is 0.0174. The van der Waals surface area contributed by atoms with E-state index in [0.717, 1.165) is 21.4 Å².